The van der Waals surface area contributed by atoms with Gasteiger partial charge in [-0.1, -0.05) is 36.8 Å². The Morgan fingerprint density at radius 2 is 2.17 bits per heavy atom. The van der Waals surface area contributed by atoms with E-state index >= 15 is 0 Å². The van der Waals surface area contributed by atoms with Crippen molar-refractivity contribution in [1.29, 1.82) is 0 Å². The third-order valence-electron chi connectivity index (χ3n) is 3.22. The van der Waals surface area contributed by atoms with Gasteiger partial charge >= 0.3 is 5.97 Å². The van der Waals surface area contributed by atoms with Crippen LogP contribution in [0.1, 0.15) is 42.7 Å². The van der Waals surface area contributed by atoms with Gasteiger partial charge in [-0.05, 0) is 20.3 Å². The van der Waals surface area contributed by atoms with Gasteiger partial charge in [0.1, 0.15) is 16.7 Å². The molecule has 1 atom stereocenters. The molecule has 0 radical (unpaired) electrons. The van der Waals surface area contributed by atoms with Crippen LogP contribution in [-0.4, -0.2) is 33.8 Å². The van der Waals surface area contributed by atoms with Gasteiger partial charge in [0.05, 0.1) is 0 Å². The van der Waals surface area contributed by atoms with E-state index < -0.39 is 17.9 Å². The molecule has 0 aromatic carbocycles. The average Bonchev–Trinajstić information content (AvgIpc) is 3.05. The monoisotopic (exact) mass is 366 g/mol. The maximum Gasteiger partial charge on any atom is 0.327 e. The molecular formula is C17H22N2O3S2. The van der Waals surface area contributed by atoms with Crippen molar-refractivity contribution < 1.29 is 14.7 Å². The fourth-order valence-electron chi connectivity index (χ4n) is 1.66. The molecular weight excluding hydrogens is 344 g/mol. The van der Waals surface area contributed by atoms with Gasteiger partial charge in [-0.3, -0.25) is 4.79 Å². The molecule has 7 heteroatoms. The van der Waals surface area contributed by atoms with Gasteiger partial charge in [-0.2, -0.15) is 12.6 Å². The minimum atomic E-state index is -1.12. The largest absolute Gasteiger partial charge is 0.480 e. The van der Waals surface area contributed by atoms with Crippen molar-refractivity contribution in [2.75, 3.05) is 5.75 Å². The quantitative estimate of drug-likeness (QED) is 0.485. The van der Waals surface area contributed by atoms with Gasteiger partial charge in [0, 0.05) is 16.7 Å². The van der Waals surface area contributed by atoms with E-state index in [9.17, 15) is 9.59 Å². The van der Waals surface area contributed by atoms with Crippen molar-refractivity contribution in [2.45, 2.75) is 33.2 Å². The molecule has 0 fully saturated rings. The molecule has 1 heterocycles. The molecule has 1 rings (SSSR count). The van der Waals surface area contributed by atoms with Crippen LogP contribution in [0.4, 0.5) is 0 Å². The summed E-state index contributed by atoms with van der Waals surface area (Å²) in [5, 5.41) is 13.7. The first-order valence-electron chi connectivity index (χ1n) is 7.53. The van der Waals surface area contributed by atoms with Crippen LogP contribution < -0.4 is 5.32 Å². The number of aliphatic carboxylic acids is 1. The molecule has 130 valence electrons. The summed E-state index contributed by atoms with van der Waals surface area (Å²) < 4.78 is 0. The average molecular weight is 367 g/mol. The summed E-state index contributed by atoms with van der Waals surface area (Å²) in [7, 11) is 0. The molecule has 1 unspecified atom stereocenters. The van der Waals surface area contributed by atoms with Crippen LogP contribution in [0.3, 0.4) is 0 Å². The van der Waals surface area contributed by atoms with Crippen LogP contribution in [0, 0.1) is 0 Å². The second kappa shape index (κ2) is 10.1. The number of nitrogens with one attached hydrogen (secondary N) is 1. The van der Waals surface area contributed by atoms with Crippen LogP contribution in [0.5, 0.6) is 0 Å². The topological polar surface area (TPSA) is 79.3 Å². The van der Waals surface area contributed by atoms with Gasteiger partial charge < -0.3 is 10.4 Å². The van der Waals surface area contributed by atoms with E-state index in [2.05, 4.69) is 29.9 Å². The van der Waals surface area contributed by atoms with Crippen molar-refractivity contribution >= 4 is 41.4 Å². The van der Waals surface area contributed by atoms with E-state index in [1.54, 1.807) is 5.38 Å². The van der Waals surface area contributed by atoms with E-state index in [0.717, 1.165) is 12.0 Å². The minimum Gasteiger partial charge on any atom is -0.480 e. The normalized spacial score (nSPS) is 14.0. The Bertz CT molecular complexity index is 675. The number of carbonyl (C=O) groups is 2. The van der Waals surface area contributed by atoms with Crippen molar-refractivity contribution in [1.82, 2.24) is 10.3 Å². The third kappa shape index (κ3) is 5.98. The molecule has 0 bridgehead atoms. The van der Waals surface area contributed by atoms with Gasteiger partial charge in [-0.25, -0.2) is 9.78 Å². The summed E-state index contributed by atoms with van der Waals surface area (Å²) in [4.78, 5) is 27.4. The van der Waals surface area contributed by atoms with Gasteiger partial charge in [-0.15, -0.1) is 11.3 Å². The van der Waals surface area contributed by atoms with Gasteiger partial charge in [0.25, 0.3) is 5.91 Å². The maximum atomic E-state index is 12.1. The highest BCUT2D eigenvalue weighted by Gasteiger charge is 2.20. The molecule has 0 saturated heterocycles. The minimum absolute atomic E-state index is 0.0167. The molecule has 0 saturated carbocycles. The number of thiazole rings is 1. The van der Waals surface area contributed by atoms with Gasteiger partial charge in [0.2, 0.25) is 0 Å². The van der Waals surface area contributed by atoms with Crippen molar-refractivity contribution in [3.63, 3.8) is 0 Å². The summed E-state index contributed by atoms with van der Waals surface area (Å²) in [6.45, 7) is 6.05. The van der Waals surface area contributed by atoms with E-state index in [4.69, 9.17) is 5.11 Å². The SMILES string of the molecule is C\C=C/C(=C\C=C(/C)CC)c1nc(C(=O)NC(CS)C(=O)O)cs1. The zero-order valence-corrected chi connectivity index (χ0v) is 15.7. The summed E-state index contributed by atoms with van der Waals surface area (Å²) in [5.74, 6) is -1.62. The number of carboxylic acid groups (broad SMARTS) is 1. The Morgan fingerprint density at radius 1 is 1.46 bits per heavy atom. The number of hydrogen-bond donors (Lipinski definition) is 3. The highest BCUT2D eigenvalue weighted by molar-refractivity contribution is 7.80. The number of hydrogen-bond acceptors (Lipinski definition) is 5. The Labute approximate surface area is 151 Å². The zero-order chi connectivity index (χ0) is 18.1. The molecule has 1 amide bonds. The first-order chi connectivity index (χ1) is 11.4. The number of amides is 1. The lowest BCUT2D eigenvalue weighted by molar-refractivity contribution is -0.138. The Hall–Kier alpha value is -1.86. The Kier molecular flexibility index (Phi) is 8.49. The lowest BCUT2D eigenvalue weighted by Crippen LogP contribution is -2.42. The maximum absolute atomic E-state index is 12.1. The molecule has 24 heavy (non-hydrogen) atoms. The van der Waals surface area contributed by atoms with Gasteiger partial charge in [0.15, 0.2) is 0 Å². The van der Waals surface area contributed by atoms with Crippen LogP contribution in [-0.2, 0) is 4.79 Å². The number of rotatable bonds is 8. The predicted octanol–water partition coefficient (Wildman–Crippen LogP) is 3.57. The third-order valence-corrected chi connectivity index (χ3v) is 4.48. The molecule has 0 spiro atoms. The number of carbonyl (C=O) groups excluding carboxylic acids is 1. The highest BCUT2D eigenvalue weighted by atomic mass is 32.1. The summed E-state index contributed by atoms with van der Waals surface area (Å²) in [6, 6.07) is -1.04. The first kappa shape index (κ1) is 20.2. The molecule has 0 aliphatic heterocycles. The second-order valence-electron chi connectivity index (χ2n) is 5.07. The Morgan fingerprint density at radius 3 is 2.71 bits per heavy atom. The lowest BCUT2D eigenvalue weighted by Gasteiger charge is -2.10. The predicted molar refractivity (Wildman–Crippen MR) is 102 cm³/mol. The molecule has 5 nitrogen and oxygen atoms in total. The van der Waals surface area contributed by atoms with Crippen molar-refractivity contribution in [3.05, 3.63) is 46.0 Å². The van der Waals surface area contributed by atoms with E-state index in [0.29, 0.717) is 5.01 Å². The summed E-state index contributed by atoms with van der Waals surface area (Å²) in [6.07, 6.45) is 8.79. The van der Waals surface area contributed by atoms with Crippen LogP contribution >= 0.6 is 24.0 Å². The highest BCUT2D eigenvalue weighted by Crippen LogP contribution is 2.21. The molecule has 1 aromatic heterocycles. The molecule has 0 aliphatic rings. The first-order valence-corrected chi connectivity index (χ1v) is 9.04. The standard InChI is InChI=1S/C17H22N2O3S2/c1-4-6-12(8-7-11(3)5-2)16-19-14(10-24-16)15(20)18-13(9-23)17(21)22/h4,6-8,10,13,23H,5,9H2,1-3H3,(H,18,20)(H,21,22)/b6-4-,11-7+,12-8+. The summed E-state index contributed by atoms with van der Waals surface area (Å²) in [5.41, 5.74) is 2.34. The van der Waals surface area contributed by atoms with Crippen molar-refractivity contribution in [3.8, 4) is 0 Å². The number of allylic oxidation sites excluding steroid dienone is 6. The number of nitrogens with zero attached hydrogens (tertiary/aromatic N) is 1. The smallest absolute Gasteiger partial charge is 0.327 e. The molecule has 0 aliphatic carbocycles. The second-order valence-corrected chi connectivity index (χ2v) is 6.30. The van der Waals surface area contributed by atoms with Crippen LogP contribution in [0.15, 0.2) is 35.3 Å². The fourth-order valence-corrected chi connectivity index (χ4v) is 2.71. The number of thiol groups is 1. The summed E-state index contributed by atoms with van der Waals surface area (Å²) >= 11 is 5.27. The van der Waals surface area contributed by atoms with Crippen molar-refractivity contribution in [2.24, 2.45) is 0 Å². The Balaban J connectivity index is 3.00. The number of aromatic nitrogens is 1. The van der Waals surface area contributed by atoms with E-state index in [1.807, 2.05) is 38.2 Å². The lowest BCUT2D eigenvalue weighted by atomic mass is 10.1. The van der Waals surface area contributed by atoms with E-state index in [-0.39, 0.29) is 11.4 Å². The molecule has 1 aromatic rings. The van der Waals surface area contributed by atoms with E-state index in [1.165, 1.54) is 16.9 Å². The zero-order valence-electron chi connectivity index (χ0n) is 13.9. The van der Waals surface area contributed by atoms with Crippen LogP contribution in [0.25, 0.3) is 5.57 Å². The number of carboxylic acids is 1. The molecule has 2 N–H and O–H groups in total. The fraction of sp³-hybridized carbons (Fsp3) is 0.353. The van der Waals surface area contributed by atoms with Crippen LogP contribution in [0.2, 0.25) is 0 Å².